The third kappa shape index (κ3) is 4.83. The number of ether oxygens (including phenoxy) is 2. The van der Waals surface area contributed by atoms with Crippen LogP contribution < -0.4 is 0 Å². The molecule has 4 rings (SSSR count). The van der Waals surface area contributed by atoms with Gasteiger partial charge in [0.05, 0.1) is 24.2 Å². The van der Waals surface area contributed by atoms with Crippen molar-refractivity contribution in [2.45, 2.75) is 50.5 Å². The molecule has 31 heavy (non-hydrogen) atoms. The number of benzene rings is 2. The normalized spacial score (nSPS) is 22.9. The van der Waals surface area contributed by atoms with E-state index >= 15 is 0 Å². The highest BCUT2D eigenvalue weighted by atomic mass is 19.4. The molecule has 2 nitrogen and oxygen atoms in total. The van der Waals surface area contributed by atoms with Gasteiger partial charge in [-0.1, -0.05) is 12.0 Å². The second-order valence-electron chi connectivity index (χ2n) is 7.97. The van der Waals surface area contributed by atoms with Gasteiger partial charge in [0.1, 0.15) is 11.6 Å². The topological polar surface area (TPSA) is 18.5 Å². The molecular formula is C23H20F6O2. The predicted molar refractivity (Wildman–Crippen MR) is 102 cm³/mol. The minimum absolute atomic E-state index is 0.00885. The van der Waals surface area contributed by atoms with E-state index < -0.39 is 34.6 Å². The number of alkyl halides is 3. The van der Waals surface area contributed by atoms with Gasteiger partial charge in [-0.2, -0.15) is 13.2 Å². The molecule has 0 spiro atoms. The Bertz CT molecular complexity index is 1020. The van der Waals surface area contributed by atoms with Gasteiger partial charge >= 0.3 is 6.18 Å². The summed E-state index contributed by atoms with van der Waals surface area (Å²) in [6.07, 6.45) is -1.12. The Morgan fingerprint density at radius 2 is 1.55 bits per heavy atom. The van der Waals surface area contributed by atoms with Crippen molar-refractivity contribution in [1.82, 2.24) is 0 Å². The van der Waals surface area contributed by atoms with Gasteiger partial charge in [0.2, 0.25) is 0 Å². The SMILES string of the molecule is Fc1cc2cc(C3CCC(C4OCCCO4)CC3)cc(F)c2c(F)c1C#CC(F)(F)F. The summed E-state index contributed by atoms with van der Waals surface area (Å²) in [5.74, 6) is -1.09. The van der Waals surface area contributed by atoms with E-state index in [-0.39, 0.29) is 23.5 Å². The van der Waals surface area contributed by atoms with Crippen molar-refractivity contribution in [3.63, 3.8) is 0 Å². The molecule has 1 saturated carbocycles. The van der Waals surface area contributed by atoms with Gasteiger partial charge in [-0.25, -0.2) is 13.2 Å². The van der Waals surface area contributed by atoms with Crippen LogP contribution in [0.1, 0.15) is 49.1 Å². The Labute approximate surface area is 175 Å². The van der Waals surface area contributed by atoms with Crippen molar-refractivity contribution in [1.29, 1.82) is 0 Å². The third-order valence-corrected chi connectivity index (χ3v) is 5.91. The summed E-state index contributed by atoms with van der Waals surface area (Å²) in [6.45, 7) is 1.35. The van der Waals surface area contributed by atoms with Gasteiger partial charge in [0, 0.05) is 11.8 Å². The largest absolute Gasteiger partial charge is 0.458 e. The second-order valence-corrected chi connectivity index (χ2v) is 7.97. The average Bonchev–Trinajstić information content (AvgIpc) is 2.73. The molecule has 0 radical (unpaired) electrons. The first-order chi connectivity index (χ1) is 14.7. The zero-order chi connectivity index (χ0) is 22.2. The molecular weight excluding hydrogens is 422 g/mol. The first-order valence-electron chi connectivity index (χ1n) is 10.2. The molecule has 8 heteroatoms. The summed E-state index contributed by atoms with van der Waals surface area (Å²) in [5, 5.41) is -0.599. The van der Waals surface area contributed by atoms with Crippen molar-refractivity contribution in [3.05, 3.63) is 46.8 Å². The molecule has 1 saturated heterocycles. The molecule has 1 heterocycles. The summed E-state index contributed by atoms with van der Waals surface area (Å²) in [6, 6.07) is 3.52. The van der Waals surface area contributed by atoms with Crippen LogP contribution >= 0.6 is 0 Å². The fourth-order valence-electron chi connectivity index (χ4n) is 4.42. The highest BCUT2D eigenvalue weighted by molar-refractivity contribution is 5.86. The summed E-state index contributed by atoms with van der Waals surface area (Å²) in [7, 11) is 0. The first-order valence-corrected chi connectivity index (χ1v) is 10.2. The smallest absolute Gasteiger partial charge is 0.352 e. The quantitative estimate of drug-likeness (QED) is 0.407. The maximum atomic E-state index is 14.7. The lowest BCUT2D eigenvalue weighted by Gasteiger charge is -2.35. The Kier molecular flexibility index (Phi) is 6.18. The van der Waals surface area contributed by atoms with Crippen molar-refractivity contribution in [2.75, 3.05) is 13.2 Å². The summed E-state index contributed by atoms with van der Waals surface area (Å²) in [4.78, 5) is 0. The predicted octanol–water partition coefficient (Wildman–Crippen LogP) is 6.21. The lowest BCUT2D eigenvalue weighted by atomic mass is 9.78. The maximum Gasteiger partial charge on any atom is 0.458 e. The molecule has 1 aliphatic carbocycles. The molecule has 1 aliphatic heterocycles. The monoisotopic (exact) mass is 442 g/mol. The number of fused-ring (bicyclic) bond motifs is 1. The average molecular weight is 442 g/mol. The van der Waals surface area contributed by atoms with E-state index in [4.69, 9.17) is 9.47 Å². The molecule has 2 aromatic carbocycles. The Hall–Kier alpha value is -2.24. The fraction of sp³-hybridized carbons (Fsp3) is 0.478. The van der Waals surface area contributed by atoms with Crippen LogP contribution in [0.3, 0.4) is 0 Å². The lowest BCUT2D eigenvalue weighted by Crippen LogP contribution is -2.34. The van der Waals surface area contributed by atoms with Crippen LogP contribution in [-0.2, 0) is 9.47 Å². The van der Waals surface area contributed by atoms with Gasteiger partial charge in [-0.3, -0.25) is 0 Å². The standard InChI is InChI=1S/C23H20F6O2/c24-18-12-16-10-15(13-2-4-14(5-3-13)22-30-8-1-9-31-22)11-19(25)20(16)21(26)17(18)6-7-23(27,28)29/h10-14,22H,1-5,8-9H2. The van der Waals surface area contributed by atoms with E-state index in [0.29, 0.717) is 18.8 Å². The van der Waals surface area contributed by atoms with E-state index in [2.05, 4.69) is 0 Å². The van der Waals surface area contributed by atoms with Crippen LogP contribution in [0.5, 0.6) is 0 Å². The minimum atomic E-state index is -4.91. The van der Waals surface area contributed by atoms with E-state index in [1.807, 2.05) is 0 Å². The van der Waals surface area contributed by atoms with Crippen LogP contribution in [0, 0.1) is 35.2 Å². The Morgan fingerprint density at radius 1 is 0.871 bits per heavy atom. The zero-order valence-electron chi connectivity index (χ0n) is 16.5. The molecule has 2 aromatic rings. The number of halogens is 6. The second kappa shape index (κ2) is 8.71. The molecule has 0 N–H and O–H groups in total. The summed E-state index contributed by atoms with van der Waals surface area (Å²) in [5.41, 5.74) is -0.480. The van der Waals surface area contributed by atoms with Crippen molar-refractivity contribution < 1.29 is 35.8 Å². The number of hydrogen-bond acceptors (Lipinski definition) is 2. The van der Waals surface area contributed by atoms with Crippen LogP contribution in [0.15, 0.2) is 18.2 Å². The van der Waals surface area contributed by atoms with Gasteiger partial charge in [0.15, 0.2) is 12.1 Å². The van der Waals surface area contributed by atoms with Gasteiger partial charge in [0.25, 0.3) is 0 Å². The summed E-state index contributed by atoms with van der Waals surface area (Å²) < 4.78 is 91.8. The molecule has 2 fully saturated rings. The number of rotatable bonds is 2. The molecule has 2 aliphatic rings. The van der Waals surface area contributed by atoms with Crippen molar-refractivity contribution >= 4 is 10.8 Å². The maximum absolute atomic E-state index is 14.7. The van der Waals surface area contributed by atoms with Crippen molar-refractivity contribution in [2.24, 2.45) is 5.92 Å². The highest BCUT2D eigenvalue weighted by Gasteiger charge is 2.31. The van der Waals surface area contributed by atoms with Crippen LogP contribution in [-0.4, -0.2) is 25.7 Å². The zero-order valence-corrected chi connectivity index (χ0v) is 16.5. The highest BCUT2D eigenvalue weighted by Crippen LogP contribution is 2.40. The Morgan fingerprint density at radius 3 is 2.19 bits per heavy atom. The Balaban J connectivity index is 1.59. The molecule has 166 valence electrons. The van der Waals surface area contributed by atoms with Crippen molar-refractivity contribution in [3.8, 4) is 11.8 Å². The number of hydrogen-bond donors (Lipinski definition) is 0. The summed E-state index contributed by atoms with van der Waals surface area (Å²) >= 11 is 0. The van der Waals surface area contributed by atoms with E-state index in [0.717, 1.165) is 44.1 Å². The van der Waals surface area contributed by atoms with Gasteiger partial charge < -0.3 is 9.47 Å². The molecule has 0 amide bonds. The minimum Gasteiger partial charge on any atom is -0.352 e. The lowest BCUT2D eigenvalue weighted by molar-refractivity contribution is -0.209. The molecule has 0 unspecified atom stereocenters. The van der Waals surface area contributed by atoms with E-state index in [9.17, 15) is 26.3 Å². The van der Waals surface area contributed by atoms with Crippen LogP contribution in [0.2, 0.25) is 0 Å². The van der Waals surface area contributed by atoms with Crippen LogP contribution in [0.4, 0.5) is 26.3 Å². The van der Waals surface area contributed by atoms with Gasteiger partial charge in [-0.05, 0) is 61.1 Å². The molecule has 0 aromatic heterocycles. The van der Waals surface area contributed by atoms with E-state index in [1.54, 1.807) is 0 Å². The van der Waals surface area contributed by atoms with Crippen LogP contribution in [0.25, 0.3) is 10.8 Å². The van der Waals surface area contributed by atoms with Gasteiger partial charge in [-0.15, -0.1) is 0 Å². The fourth-order valence-corrected chi connectivity index (χ4v) is 4.42. The third-order valence-electron chi connectivity index (χ3n) is 5.91. The first kappa shape index (κ1) is 22.0. The molecule has 0 bridgehead atoms. The van der Waals surface area contributed by atoms with E-state index in [1.165, 1.54) is 18.1 Å². The molecule has 0 atom stereocenters.